The third-order valence-corrected chi connectivity index (χ3v) is 5.76. The van der Waals surface area contributed by atoms with Crippen LogP contribution in [0.1, 0.15) is 35.5 Å². The number of H-pyrrole nitrogens is 1. The second-order valence-corrected chi connectivity index (χ2v) is 7.81. The Morgan fingerprint density at radius 1 is 1.32 bits per heavy atom. The molecule has 31 heavy (non-hydrogen) atoms. The van der Waals surface area contributed by atoms with E-state index in [9.17, 15) is 14.0 Å². The van der Waals surface area contributed by atoms with E-state index < -0.39 is 11.7 Å². The number of carbonyl (C=O) groups is 1. The molecule has 9 nitrogen and oxygen atoms in total. The standard InChI is InChI=1S/C21H26FN7O2/c1-4-14-12-29-19(26-20(14)30)15(8-25-29)11-27-5-6-28(13(2)10-27)16-7-17(22)18(24-9-16)21(31)23-3/h7-9,12-13H,4-6,10-11H2,1-3H3,(H,23,31)(H,26,30). The first kappa shape index (κ1) is 21.0. The number of rotatable bonds is 5. The van der Waals surface area contributed by atoms with Gasteiger partial charge in [-0.2, -0.15) is 5.10 Å². The Morgan fingerprint density at radius 2 is 2.13 bits per heavy atom. The van der Waals surface area contributed by atoms with E-state index in [2.05, 4.69) is 37.1 Å². The number of carbonyl (C=O) groups excluding carboxylic acids is 1. The molecule has 10 heteroatoms. The number of piperazine rings is 1. The van der Waals surface area contributed by atoms with Crippen molar-refractivity contribution in [3.8, 4) is 0 Å². The highest BCUT2D eigenvalue weighted by molar-refractivity contribution is 5.92. The molecule has 0 saturated carbocycles. The minimum Gasteiger partial charge on any atom is -0.365 e. The van der Waals surface area contributed by atoms with Crippen LogP contribution >= 0.6 is 0 Å². The van der Waals surface area contributed by atoms with E-state index in [-0.39, 0.29) is 17.3 Å². The monoisotopic (exact) mass is 427 g/mol. The van der Waals surface area contributed by atoms with Gasteiger partial charge in [-0.15, -0.1) is 0 Å². The maximum atomic E-state index is 14.3. The number of anilines is 1. The molecule has 4 heterocycles. The molecule has 0 aliphatic carbocycles. The number of pyridine rings is 1. The zero-order chi connectivity index (χ0) is 22.1. The van der Waals surface area contributed by atoms with E-state index in [0.29, 0.717) is 36.4 Å². The van der Waals surface area contributed by atoms with Crippen molar-refractivity contribution in [1.82, 2.24) is 29.8 Å². The van der Waals surface area contributed by atoms with Gasteiger partial charge in [0.2, 0.25) is 0 Å². The molecule has 0 radical (unpaired) electrons. The van der Waals surface area contributed by atoms with Crippen molar-refractivity contribution in [2.75, 3.05) is 31.6 Å². The fraction of sp³-hybridized carbons (Fsp3) is 0.429. The average Bonchev–Trinajstić information content (AvgIpc) is 3.14. The number of aromatic amines is 1. The molecule has 4 rings (SSSR count). The van der Waals surface area contributed by atoms with Crippen LogP contribution in [0.3, 0.4) is 0 Å². The number of aryl methyl sites for hydroxylation is 1. The van der Waals surface area contributed by atoms with Gasteiger partial charge >= 0.3 is 0 Å². The molecule has 1 amide bonds. The summed E-state index contributed by atoms with van der Waals surface area (Å²) in [5.74, 6) is -1.17. The molecular formula is C21H26FN7O2. The van der Waals surface area contributed by atoms with Gasteiger partial charge in [0.15, 0.2) is 11.5 Å². The minimum atomic E-state index is -0.631. The van der Waals surface area contributed by atoms with Crippen LogP contribution in [-0.4, -0.2) is 63.1 Å². The Kier molecular flexibility index (Phi) is 5.73. The van der Waals surface area contributed by atoms with Crippen molar-refractivity contribution in [1.29, 1.82) is 0 Å². The van der Waals surface area contributed by atoms with E-state index >= 15 is 0 Å². The van der Waals surface area contributed by atoms with E-state index in [4.69, 9.17) is 0 Å². The smallest absolute Gasteiger partial charge is 0.272 e. The van der Waals surface area contributed by atoms with E-state index in [1.54, 1.807) is 23.1 Å². The zero-order valence-corrected chi connectivity index (χ0v) is 17.9. The Hall–Kier alpha value is -3.27. The third-order valence-electron chi connectivity index (χ3n) is 5.76. The number of aromatic nitrogens is 4. The molecule has 3 aromatic heterocycles. The van der Waals surface area contributed by atoms with Gasteiger partial charge < -0.3 is 15.2 Å². The van der Waals surface area contributed by atoms with Gasteiger partial charge in [0.05, 0.1) is 18.1 Å². The molecule has 1 aliphatic rings. The maximum absolute atomic E-state index is 14.3. The minimum absolute atomic E-state index is 0.0790. The van der Waals surface area contributed by atoms with Gasteiger partial charge in [0.25, 0.3) is 11.5 Å². The van der Waals surface area contributed by atoms with E-state index in [1.807, 2.05) is 6.92 Å². The van der Waals surface area contributed by atoms with Crippen molar-refractivity contribution in [2.45, 2.75) is 32.9 Å². The molecular weight excluding hydrogens is 401 g/mol. The summed E-state index contributed by atoms with van der Waals surface area (Å²) in [5.41, 5.74) is 2.75. The summed E-state index contributed by atoms with van der Waals surface area (Å²) in [4.78, 5) is 35.2. The molecule has 0 spiro atoms. The average molecular weight is 427 g/mol. The highest BCUT2D eigenvalue weighted by atomic mass is 19.1. The topological polar surface area (TPSA) is 98.6 Å². The lowest BCUT2D eigenvalue weighted by Crippen LogP contribution is -2.51. The molecule has 1 fully saturated rings. The summed E-state index contributed by atoms with van der Waals surface area (Å²) < 4.78 is 16.1. The zero-order valence-electron chi connectivity index (χ0n) is 17.9. The predicted molar refractivity (Wildman–Crippen MR) is 115 cm³/mol. The lowest BCUT2D eigenvalue weighted by molar-refractivity contribution is 0.0953. The molecule has 1 saturated heterocycles. The largest absolute Gasteiger partial charge is 0.365 e. The first-order chi connectivity index (χ1) is 14.9. The number of amides is 1. The summed E-state index contributed by atoms with van der Waals surface area (Å²) in [7, 11) is 1.45. The summed E-state index contributed by atoms with van der Waals surface area (Å²) in [6.45, 7) is 6.88. The quantitative estimate of drug-likeness (QED) is 0.635. The summed E-state index contributed by atoms with van der Waals surface area (Å²) in [6.07, 6.45) is 5.77. The normalized spacial score (nSPS) is 17.3. The Labute approximate surface area is 178 Å². The van der Waals surface area contributed by atoms with Crippen molar-refractivity contribution in [2.24, 2.45) is 0 Å². The first-order valence-corrected chi connectivity index (χ1v) is 10.4. The van der Waals surface area contributed by atoms with Crippen LogP contribution in [0, 0.1) is 5.82 Å². The second-order valence-electron chi connectivity index (χ2n) is 7.81. The third kappa shape index (κ3) is 4.02. The molecule has 0 bridgehead atoms. The lowest BCUT2D eigenvalue weighted by atomic mass is 10.1. The van der Waals surface area contributed by atoms with Crippen LogP contribution in [0.2, 0.25) is 0 Å². The first-order valence-electron chi connectivity index (χ1n) is 10.4. The predicted octanol–water partition coefficient (Wildman–Crippen LogP) is 1.19. The van der Waals surface area contributed by atoms with E-state index in [0.717, 1.165) is 18.7 Å². The Bertz CT molecular complexity index is 1170. The van der Waals surface area contributed by atoms with Crippen LogP contribution < -0.4 is 15.8 Å². The van der Waals surface area contributed by atoms with Crippen LogP contribution in [0.5, 0.6) is 0 Å². The number of halogens is 1. The highest BCUT2D eigenvalue weighted by Crippen LogP contribution is 2.23. The SMILES string of the molecule is CCc1cn2ncc(CN3CCN(c4cnc(C(=O)NC)c(F)c4)C(C)C3)c2[nH]c1=O. The summed E-state index contributed by atoms with van der Waals surface area (Å²) >= 11 is 0. The van der Waals surface area contributed by atoms with Gasteiger partial charge in [-0.3, -0.25) is 14.5 Å². The van der Waals surface area contributed by atoms with Gasteiger partial charge in [-0.05, 0) is 13.3 Å². The molecule has 1 aliphatic heterocycles. The van der Waals surface area contributed by atoms with Gasteiger partial charge in [0, 0.05) is 62.7 Å². The number of nitrogens with one attached hydrogen (secondary N) is 2. The fourth-order valence-electron chi connectivity index (χ4n) is 4.07. The fourth-order valence-corrected chi connectivity index (χ4v) is 4.07. The number of fused-ring (bicyclic) bond motifs is 1. The molecule has 2 N–H and O–H groups in total. The molecule has 164 valence electrons. The molecule has 3 aromatic rings. The van der Waals surface area contributed by atoms with E-state index in [1.165, 1.54) is 13.1 Å². The number of hydrogen-bond donors (Lipinski definition) is 2. The maximum Gasteiger partial charge on any atom is 0.272 e. The van der Waals surface area contributed by atoms with Crippen LogP contribution in [0.4, 0.5) is 10.1 Å². The van der Waals surface area contributed by atoms with Gasteiger partial charge in [-0.1, -0.05) is 6.92 Å². The molecule has 1 atom stereocenters. The lowest BCUT2D eigenvalue weighted by Gasteiger charge is -2.41. The highest BCUT2D eigenvalue weighted by Gasteiger charge is 2.26. The van der Waals surface area contributed by atoms with Gasteiger partial charge in [-0.25, -0.2) is 13.9 Å². The van der Waals surface area contributed by atoms with Crippen LogP contribution in [-0.2, 0) is 13.0 Å². The molecule has 0 aromatic carbocycles. The second kappa shape index (κ2) is 8.46. The van der Waals surface area contributed by atoms with Gasteiger partial charge in [0.1, 0.15) is 5.65 Å². The van der Waals surface area contributed by atoms with Crippen LogP contribution in [0.15, 0.2) is 29.5 Å². The summed E-state index contributed by atoms with van der Waals surface area (Å²) in [6, 6.07) is 1.48. The number of nitrogens with zero attached hydrogens (tertiary/aromatic N) is 5. The van der Waals surface area contributed by atoms with Crippen molar-refractivity contribution in [3.05, 3.63) is 57.6 Å². The Morgan fingerprint density at radius 3 is 2.81 bits per heavy atom. The van der Waals surface area contributed by atoms with Crippen molar-refractivity contribution >= 4 is 17.2 Å². The van der Waals surface area contributed by atoms with Crippen molar-refractivity contribution in [3.63, 3.8) is 0 Å². The molecule has 1 unspecified atom stereocenters. The number of hydrogen-bond acceptors (Lipinski definition) is 6. The Balaban J connectivity index is 1.47. The van der Waals surface area contributed by atoms with Crippen molar-refractivity contribution < 1.29 is 9.18 Å². The summed E-state index contributed by atoms with van der Waals surface area (Å²) in [5, 5.41) is 6.77. The van der Waals surface area contributed by atoms with Crippen LogP contribution in [0.25, 0.3) is 5.65 Å².